The highest BCUT2D eigenvalue weighted by molar-refractivity contribution is 8.23. The van der Waals surface area contributed by atoms with Crippen molar-refractivity contribution in [3.8, 4) is 5.75 Å². The molecule has 0 spiro atoms. The minimum atomic E-state index is -3.54. The summed E-state index contributed by atoms with van der Waals surface area (Å²) < 4.78 is 26.5. The monoisotopic (exact) mass is 440 g/mol. The number of fused-ring (bicyclic) bond motifs is 2. The van der Waals surface area contributed by atoms with Gasteiger partial charge >= 0.3 is 0 Å². The molecule has 0 aliphatic carbocycles. The number of benzene rings is 1. The minimum absolute atomic E-state index is 0.0963. The molecule has 0 bridgehead atoms. The van der Waals surface area contributed by atoms with Gasteiger partial charge in [0, 0.05) is 6.20 Å². The molecule has 5 rings (SSSR count). The third-order valence-electron chi connectivity index (χ3n) is 4.80. The van der Waals surface area contributed by atoms with Gasteiger partial charge in [-0.05, 0) is 46.7 Å². The van der Waals surface area contributed by atoms with E-state index in [0.29, 0.717) is 16.7 Å². The maximum atomic E-state index is 13.4. The first-order chi connectivity index (χ1) is 14.5. The normalized spacial score (nSPS) is 15.9. The summed E-state index contributed by atoms with van der Waals surface area (Å²) in [6, 6.07) is 11.8. The average Bonchev–Trinajstić information content (AvgIpc) is 3.24. The number of nitrogens with one attached hydrogen (secondary N) is 1. The van der Waals surface area contributed by atoms with Crippen molar-refractivity contribution in [3.63, 3.8) is 0 Å². The van der Waals surface area contributed by atoms with Crippen LogP contribution in [0.15, 0.2) is 73.5 Å². The zero-order valence-electron chi connectivity index (χ0n) is 15.4. The van der Waals surface area contributed by atoms with Crippen LogP contribution in [-0.2, 0) is 6.54 Å². The second-order valence-corrected chi connectivity index (χ2v) is 9.14. The zero-order chi connectivity index (χ0) is 20.9. The Labute approximate surface area is 176 Å². The summed E-state index contributed by atoms with van der Waals surface area (Å²) in [6.45, 7) is 0.253. The van der Waals surface area contributed by atoms with Crippen molar-refractivity contribution in [2.45, 2.75) is 11.4 Å². The van der Waals surface area contributed by atoms with E-state index in [1.54, 1.807) is 42.6 Å². The molecule has 0 saturated heterocycles. The molecule has 1 aromatic carbocycles. The lowest BCUT2D eigenvalue weighted by atomic mass is 10.1. The summed E-state index contributed by atoms with van der Waals surface area (Å²) in [7, 11) is -3.54. The van der Waals surface area contributed by atoms with E-state index >= 15 is 0 Å². The molecule has 4 N–H and O–H groups in total. The predicted molar refractivity (Wildman–Crippen MR) is 119 cm³/mol. The summed E-state index contributed by atoms with van der Waals surface area (Å²) in [4.78, 5) is 18.0. The van der Waals surface area contributed by atoms with Gasteiger partial charge in [-0.3, -0.25) is 18.5 Å². The first-order valence-electron chi connectivity index (χ1n) is 8.92. The van der Waals surface area contributed by atoms with Crippen LogP contribution in [0.5, 0.6) is 5.75 Å². The lowest BCUT2D eigenvalue weighted by molar-refractivity contribution is 0.477. The maximum Gasteiger partial charge on any atom is 0.267 e. The molecule has 0 atom stereocenters. The number of rotatable bonds is 3. The molecule has 10 heteroatoms. The molecule has 0 unspecified atom stereocenters. The molecule has 1 aliphatic rings. The van der Waals surface area contributed by atoms with Crippen molar-refractivity contribution in [1.29, 1.82) is 0 Å². The fraction of sp³-hybridized carbons (Fsp3) is 0.0500. The number of nitrogens with zero attached hydrogens (tertiary/aromatic N) is 3. The highest BCUT2D eigenvalue weighted by Crippen LogP contribution is 2.55. The maximum absolute atomic E-state index is 13.4. The quantitative estimate of drug-likeness (QED) is 0.381. The highest BCUT2D eigenvalue weighted by Gasteiger charge is 2.30. The van der Waals surface area contributed by atoms with Gasteiger partial charge in [0.15, 0.2) is 5.84 Å². The van der Waals surface area contributed by atoms with Crippen LogP contribution in [0.1, 0.15) is 11.1 Å². The third kappa shape index (κ3) is 2.97. The average molecular weight is 441 g/mol. The Hall–Kier alpha value is -3.18. The van der Waals surface area contributed by atoms with Gasteiger partial charge in [0.05, 0.1) is 17.6 Å². The van der Waals surface area contributed by atoms with Crippen LogP contribution < -0.4 is 10.9 Å². The SMILES string of the molecule is O=c1c(C2=NS(O)(O)c3ccccc3N2)c(O)c2cccnc2n1Cc1ccsc1. The van der Waals surface area contributed by atoms with E-state index in [1.807, 2.05) is 16.8 Å². The molecule has 3 aromatic heterocycles. The molecule has 30 heavy (non-hydrogen) atoms. The number of thiophene rings is 1. The van der Waals surface area contributed by atoms with E-state index < -0.39 is 16.3 Å². The summed E-state index contributed by atoms with van der Waals surface area (Å²) >= 11 is 1.51. The summed E-state index contributed by atoms with van der Waals surface area (Å²) in [5.74, 6) is -0.411. The van der Waals surface area contributed by atoms with Crippen LogP contribution in [0.25, 0.3) is 11.0 Å². The van der Waals surface area contributed by atoms with Gasteiger partial charge in [-0.2, -0.15) is 11.3 Å². The van der Waals surface area contributed by atoms with Crippen molar-refractivity contribution in [1.82, 2.24) is 9.55 Å². The Morgan fingerprint density at radius 3 is 2.77 bits per heavy atom. The fourth-order valence-corrected chi connectivity index (χ4v) is 5.26. The Morgan fingerprint density at radius 1 is 1.13 bits per heavy atom. The Balaban J connectivity index is 1.76. The van der Waals surface area contributed by atoms with Gasteiger partial charge < -0.3 is 10.4 Å². The van der Waals surface area contributed by atoms with Crippen LogP contribution in [0.2, 0.25) is 0 Å². The second-order valence-electron chi connectivity index (χ2n) is 6.70. The Bertz CT molecular complexity index is 1360. The smallest absolute Gasteiger partial charge is 0.267 e. The molecule has 152 valence electrons. The molecular weight excluding hydrogens is 424 g/mol. The number of aromatic nitrogens is 2. The number of hydrogen-bond acceptors (Lipinski definition) is 8. The summed E-state index contributed by atoms with van der Waals surface area (Å²) in [6.07, 6.45) is 1.55. The molecule has 0 amide bonds. The molecule has 4 heterocycles. The van der Waals surface area contributed by atoms with Crippen LogP contribution in [-0.4, -0.2) is 29.6 Å². The molecule has 8 nitrogen and oxygen atoms in total. The largest absolute Gasteiger partial charge is 0.506 e. The zero-order valence-corrected chi connectivity index (χ0v) is 17.0. The molecule has 1 aliphatic heterocycles. The van der Waals surface area contributed by atoms with E-state index in [2.05, 4.69) is 14.7 Å². The topological polar surface area (TPSA) is 120 Å². The minimum Gasteiger partial charge on any atom is -0.506 e. The first kappa shape index (κ1) is 18.8. The van der Waals surface area contributed by atoms with Crippen molar-refractivity contribution in [2.24, 2.45) is 4.40 Å². The molecule has 0 fully saturated rings. The van der Waals surface area contributed by atoms with Gasteiger partial charge in [0.1, 0.15) is 21.9 Å². The van der Waals surface area contributed by atoms with Crippen molar-refractivity contribution in [3.05, 3.63) is 80.9 Å². The highest BCUT2D eigenvalue weighted by atomic mass is 32.3. The molecule has 4 aromatic rings. The van der Waals surface area contributed by atoms with E-state index in [4.69, 9.17) is 0 Å². The van der Waals surface area contributed by atoms with Crippen LogP contribution >= 0.6 is 22.1 Å². The van der Waals surface area contributed by atoms with E-state index in [9.17, 15) is 19.0 Å². The van der Waals surface area contributed by atoms with Crippen LogP contribution in [0.3, 0.4) is 0 Å². The molecule has 0 saturated carbocycles. The second kappa shape index (κ2) is 6.96. The van der Waals surface area contributed by atoms with Gasteiger partial charge in [-0.25, -0.2) is 4.98 Å². The van der Waals surface area contributed by atoms with Crippen LogP contribution in [0, 0.1) is 0 Å². The summed E-state index contributed by atoms with van der Waals surface area (Å²) in [5, 5.41) is 18.1. The van der Waals surface area contributed by atoms with E-state index in [1.165, 1.54) is 15.9 Å². The summed E-state index contributed by atoms with van der Waals surface area (Å²) in [5.41, 5.74) is 0.986. The van der Waals surface area contributed by atoms with Crippen LogP contribution in [0.4, 0.5) is 5.69 Å². The van der Waals surface area contributed by atoms with E-state index in [-0.39, 0.29) is 28.6 Å². The number of para-hydroxylation sites is 1. The van der Waals surface area contributed by atoms with Gasteiger partial charge in [0.25, 0.3) is 5.56 Å². The van der Waals surface area contributed by atoms with Crippen molar-refractivity contribution < 1.29 is 14.2 Å². The number of amidine groups is 1. The van der Waals surface area contributed by atoms with Gasteiger partial charge in [-0.1, -0.05) is 22.9 Å². The van der Waals surface area contributed by atoms with Crippen molar-refractivity contribution in [2.75, 3.05) is 5.32 Å². The Kier molecular flexibility index (Phi) is 4.36. The third-order valence-corrected chi connectivity index (χ3v) is 6.92. The van der Waals surface area contributed by atoms with E-state index in [0.717, 1.165) is 5.56 Å². The molecular formula is C20H16N4O4S2. The van der Waals surface area contributed by atoms with Gasteiger partial charge in [-0.15, -0.1) is 4.40 Å². The number of hydrogen-bond donors (Lipinski definition) is 4. The lowest BCUT2D eigenvalue weighted by Gasteiger charge is -2.34. The predicted octanol–water partition coefficient (Wildman–Crippen LogP) is 4.11. The Morgan fingerprint density at radius 2 is 1.97 bits per heavy atom. The molecule has 0 radical (unpaired) electrons. The first-order valence-corrected chi connectivity index (χ1v) is 11.4. The standard InChI is InChI=1S/C20H16N4O4S2/c25-17-13-4-3-8-21-19(13)24(10-12-7-9-29-11-12)20(26)16(17)18-22-14-5-1-2-6-15(14)30(27,28)23-18/h1-9,11,25,27-28H,10H2,(H,22,23). The fourth-order valence-electron chi connectivity index (χ4n) is 3.43. The van der Waals surface area contributed by atoms with Crippen molar-refractivity contribution >= 4 is 44.7 Å². The lowest BCUT2D eigenvalue weighted by Crippen LogP contribution is -2.32. The number of pyridine rings is 2. The van der Waals surface area contributed by atoms with Gasteiger partial charge in [0.2, 0.25) is 0 Å². The number of aromatic hydroxyl groups is 1. The number of anilines is 1.